The van der Waals surface area contributed by atoms with Crippen LogP contribution in [0.4, 0.5) is 4.39 Å². The number of nitrogens with zero attached hydrogens (tertiary/aromatic N) is 2. The van der Waals surface area contributed by atoms with E-state index in [-0.39, 0.29) is 16.5 Å². The number of amides is 1. The Balaban J connectivity index is 2.04. The van der Waals surface area contributed by atoms with Crippen molar-refractivity contribution in [2.45, 2.75) is 26.2 Å². The Morgan fingerprint density at radius 1 is 1.21 bits per heavy atom. The zero-order valence-electron chi connectivity index (χ0n) is 13.8. The van der Waals surface area contributed by atoms with Crippen molar-refractivity contribution in [3.8, 4) is 6.07 Å². The number of carbonyl (C=O) groups excluding carboxylic acids is 1. The fourth-order valence-corrected chi connectivity index (χ4v) is 2.06. The van der Waals surface area contributed by atoms with E-state index in [1.165, 1.54) is 23.9 Å². The maximum atomic E-state index is 13.7. The molecule has 2 aromatic carbocycles. The molecule has 4 nitrogen and oxygen atoms in total. The second-order valence-electron chi connectivity index (χ2n) is 6.38. The topological polar surface area (TPSA) is 65.2 Å². The molecule has 5 heteroatoms. The smallest absolute Gasteiger partial charge is 0.267 e. The highest BCUT2D eigenvalue weighted by Crippen LogP contribution is 2.21. The van der Waals surface area contributed by atoms with E-state index in [0.717, 1.165) is 11.6 Å². The molecule has 2 aromatic rings. The van der Waals surface area contributed by atoms with Crippen LogP contribution in [0, 0.1) is 17.1 Å². The Kier molecular flexibility index (Phi) is 5.10. The van der Waals surface area contributed by atoms with Gasteiger partial charge in [-0.1, -0.05) is 45.0 Å². The molecule has 0 atom stereocenters. The highest BCUT2D eigenvalue weighted by molar-refractivity contribution is 5.95. The quantitative estimate of drug-likeness (QED) is 0.690. The van der Waals surface area contributed by atoms with E-state index in [0.29, 0.717) is 0 Å². The monoisotopic (exact) mass is 323 g/mol. The Morgan fingerprint density at radius 3 is 2.42 bits per heavy atom. The van der Waals surface area contributed by atoms with Crippen LogP contribution in [-0.2, 0) is 5.41 Å². The molecule has 0 radical (unpaired) electrons. The van der Waals surface area contributed by atoms with E-state index in [1.54, 1.807) is 0 Å². The molecule has 0 aliphatic heterocycles. The van der Waals surface area contributed by atoms with Gasteiger partial charge in [0.15, 0.2) is 0 Å². The molecule has 0 aliphatic rings. The number of halogens is 1. The van der Waals surface area contributed by atoms with E-state index in [4.69, 9.17) is 5.26 Å². The number of hydrogen-bond donors (Lipinski definition) is 1. The molecule has 24 heavy (non-hydrogen) atoms. The van der Waals surface area contributed by atoms with Crippen LogP contribution in [0.25, 0.3) is 0 Å². The number of nitriles is 1. The first-order valence-electron chi connectivity index (χ1n) is 7.45. The number of rotatable bonds is 3. The second-order valence-corrected chi connectivity index (χ2v) is 6.38. The molecule has 0 bridgehead atoms. The number of nitrogens with one attached hydrogen (secondary N) is 1. The van der Waals surface area contributed by atoms with Crippen LogP contribution in [0.2, 0.25) is 0 Å². The SMILES string of the molecule is CC(C)(C)c1ccc(/C=N\NC(=O)c2ccc(C#N)cc2F)cc1. The predicted octanol–water partition coefficient (Wildman–Crippen LogP) is 3.76. The number of hydrazone groups is 1. The average Bonchev–Trinajstić information content (AvgIpc) is 2.54. The third kappa shape index (κ3) is 4.26. The van der Waals surface area contributed by atoms with Crippen molar-refractivity contribution < 1.29 is 9.18 Å². The molecule has 122 valence electrons. The first kappa shape index (κ1) is 17.4. The van der Waals surface area contributed by atoms with Crippen molar-refractivity contribution in [1.82, 2.24) is 5.43 Å². The summed E-state index contributed by atoms with van der Waals surface area (Å²) in [6, 6.07) is 13.3. The number of benzene rings is 2. The van der Waals surface area contributed by atoms with Gasteiger partial charge in [-0.2, -0.15) is 10.4 Å². The molecule has 0 aliphatic carbocycles. The van der Waals surface area contributed by atoms with Gasteiger partial charge < -0.3 is 0 Å². The predicted molar refractivity (Wildman–Crippen MR) is 91.3 cm³/mol. The van der Waals surface area contributed by atoms with Gasteiger partial charge in [0.05, 0.1) is 23.4 Å². The van der Waals surface area contributed by atoms with Gasteiger partial charge >= 0.3 is 0 Å². The van der Waals surface area contributed by atoms with Gasteiger partial charge in [-0.25, -0.2) is 9.82 Å². The average molecular weight is 323 g/mol. The molecule has 0 aromatic heterocycles. The molecular weight excluding hydrogens is 305 g/mol. The summed E-state index contributed by atoms with van der Waals surface area (Å²) in [7, 11) is 0. The van der Waals surface area contributed by atoms with Crippen molar-refractivity contribution in [2.75, 3.05) is 0 Å². The Morgan fingerprint density at radius 2 is 1.88 bits per heavy atom. The van der Waals surface area contributed by atoms with Gasteiger partial charge in [-0.05, 0) is 34.7 Å². The molecule has 1 N–H and O–H groups in total. The molecular formula is C19H18FN3O. The van der Waals surface area contributed by atoms with E-state index in [1.807, 2.05) is 30.3 Å². The zero-order chi connectivity index (χ0) is 17.7. The molecule has 0 unspecified atom stereocenters. The van der Waals surface area contributed by atoms with Crippen molar-refractivity contribution in [3.63, 3.8) is 0 Å². The van der Waals surface area contributed by atoms with Gasteiger partial charge in [0.1, 0.15) is 5.82 Å². The largest absolute Gasteiger partial charge is 0.274 e. The van der Waals surface area contributed by atoms with Gasteiger partial charge in [-0.15, -0.1) is 0 Å². The lowest BCUT2D eigenvalue weighted by molar-refractivity contribution is 0.0951. The van der Waals surface area contributed by atoms with Crippen molar-refractivity contribution in [2.24, 2.45) is 5.10 Å². The van der Waals surface area contributed by atoms with Crippen molar-refractivity contribution >= 4 is 12.1 Å². The van der Waals surface area contributed by atoms with Gasteiger partial charge in [0.2, 0.25) is 0 Å². The Hall–Kier alpha value is -3.00. The molecule has 0 spiro atoms. The first-order valence-corrected chi connectivity index (χ1v) is 7.45. The first-order chi connectivity index (χ1) is 11.3. The van der Waals surface area contributed by atoms with E-state index in [2.05, 4.69) is 31.3 Å². The fraction of sp³-hybridized carbons (Fsp3) is 0.211. The minimum atomic E-state index is -0.753. The second kappa shape index (κ2) is 7.05. The highest BCUT2D eigenvalue weighted by Gasteiger charge is 2.13. The molecule has 0 heterocycles. The van der Waals surface area contributed by atoms with Crippen LogP contribution in [0.15, 0.2) is 47.6 Å². The summed E-state index contributed by atoms with van der Waals surface area (Å²) in [5.74, 6) is -1.42. The van der Waals surface area contributed by atoms with Gasteiger partial charge in [0.25, 0.3) is 5.91 Å². The fourth-order valence-electron chi connectivity index (χ4n) is 2.06. The van der Waals surface area contributed by atoms with Crippen LogP contribution in [-0.4, -0.2) is 12.1 Å². The molecule has 0 fully saturated rings. The van der Waals surface area contributed by atoms with Crippen LogP contribution < -0.4 is 5.43 Å². The highest BCUT2D eigenvalue weighted by atomic mass is 19.1. The lowest BCUT2D eigenvalue weighted by Crippen LogP contribution is -2.19. The van der Waals surface area contributed by atoms with Crippen LogP contribution in [0.5, 0.6) is 0 Å². The molecule has 2 rings (SSSR count). The van der Waals surface area contributed by atoms with Gasteiger partial charge in [0, 0.05) is 0 Å². The Labute approximate surface area is 140 Å². The van der Waals surface area contributed by atoms with E-state index in [9.17, 15) is 9.18 Å². The van der Waals surface area contributed by atoms with E-state index >= 15 is 0 Å². The number of carbonyl (C=O) groups is 1. The maximum Gasteiger partial charge on any atom is 0.274 e. The lowest BCUT2D eigenvalue weighted by Gasteiger charge is -2.18. The third-order valence-corrected chi connectivity index (χ3v) is 3.50. The summed E-state index contributed by atoms with van der Waals surface area (Å²) in [6.45, 7) is 6.38. The number of hydrogen-bond acceptors (Lipinski definition) is 3. The minimum absolute atomic E-state index is 0.0665. The third-order valence-electron chi connectivity index (χ3n) is 3.50. The summed E-state index contributed by atoms with van der Waals surface area (Å²) >= 11 is 0. The van der Waals surface area contributed by atoms with Crippen LogP contribution in [0.1, 0.15) is 47.8 Å². The van der Waals surface area contributed by atoms with Crippen LogP contribution in [0.3, 0.4) is 0 Å². The standard InChI is InChI=1S/C19H18FN3O/c1-19(2,3)15-7-4-13(5-8-15)12-22-23-18(24)16-9-6-14(11-21)10-17(16)20/h4-10,12H,1-3H3,(H,23,24)/b22-12-. The summed E-state index contributed by atoms with van der Waals surface area (Å²) in [5.41, 5.74) is 4.37. The summed E-state index contributed by atoms with van der Waals surface area (Å²) in [5, 5.41) is 12.5. The molecule has 1 amide bonds. The Bertz CT molecular complexity index is 812. The van der Waals surface area contributed by atoms with Gasteiger partial charge in [-0.3, -0.25) is 4.79 Å². The van der Waals surface area contributed by atoms with Crippen molar-refractivity contribution in [1.29, 1.82) is 5.26 Å². The minimum Gasteiger partial charge on any atom is -0.267 e. The summed E-state index contributed by atoms with van der Waals surface area (Å²) in [4.78, 5) is 11.9. The van der Waals surface area contributed by atoms with Crippen LogP contribution >= 0.6 is 0 Å². The maximum absolute atomic E-state index is 13.7. The molecule has 0 saturated heterocycles. The van der Waals surface area contributed by atoms with E-state index < -0.39 is 11.7 Å². The van der Waals surface area contributed by atoms with Crippen molar-refractivity contribution in [3.05, 3.63) is 70.5 Å². The summed E-state index contributed by atoms with van der Waals surface area (Å²) in [6.07, 6.45) is 1.49. The summed E-state index contributed by atoms with van der Waals surface area (Å²) < 4.78 is 13.7. The zero-order valence-corrected chi connectivity index (χ0v) is 13.8. The molecule has 0 saturated carbocycles. The normalized spacial score (nSPS) is 11.3. The lowest BCUT2D eigenvalue weighted by atomic mass is 9.87.